The Morgan fingerprint density at radius 1 is 1.23 bits per heavy atom. The second-order valence-electron chi connectivity index (χ2n) is 3.38. The number of rotatable bonds is 3. The molecule has 1 heteroatoms. The maximum absolute atomic E-state index is 5.61. The molecule has 1 aromatic rings. The van der Waals surface area contributed by atoms with E-state index in [0.717, 1.165) is 5.75 Å². The molecule has 0 aromatic heterocycles. The van der Waals surface area contributed by atoms with Crippen LogP contribution < -0.4 is 4.74 Å². The molecule has 70 valence electrons. The predicted octanol–water partition coefficient (Wildman–Crippen LogP) is 3.26. The molecule has 1 aromatic carbocycles. The Morgan fingerprint density at radius 2 is 1.77 bits per heavy atom. The van der Waals surface area contributed by atoms with Gasteiger partial charge in [0.1, 0.15) is 11.9 Å². The highest BCUT2D eigenvalue weighted by Crippen LogP contribution is 2.17. The van der Waals surface area contributed by atoms with Crippen molar-refractivity contribution in [2.45, 2.75) is 26.9 Å². The first kappa shape index (κ1) is 9.85. The van der Waals surface area contributed by atoms with Crippen LogP contribution in [0.2, 0.25) is 0 Å². The van der Waals surface area contributed by atoms with Gasteiger partial charge in [0.2, 0.25) is 0 Å². The molecular formula is C12H16O. The summed E-state index contributed by atoms with van der Waals surface area (Å²) in [6.07, 6.45) is 1.86. The van der Waals surface area contributed by atoms with Crippen molar-refractivity contribution in [3.63, 3.8) is 0 Å². The zero-order chi connectivity index (χ0) is 9.84. The van der Waals surface area contributed by atoms with Crippen LogP contribution in [0.1, 0.15) is 18.1 Å². The third-order valence-corrected chi connectivity index (χ3v) is 1.85. The minimum Gasteiger partial charge on any atom is -0.487 e. The molecular weight excluding hydrogens is 160 g/mol. The van der Waals surface area contributed by atoms with Gasteiger partial charge in [0, 0.05) is 0 Å². The van der Waals surface area contributed by atoms with E-state index in [4.69, 9.17) is 4.74 Å². The fraction of sp³-hybridized carbons (Fsp3) is 0.333. The fourth-order valence-corrected chi connectivity index (χ4v) is 1.26. The van der Waals surface area contributed by atoms with Crippen LogP contribution in [-0.2, 0) is 0 Å². The van der Waals surface area contributed by atoms with E-state index in [9.17, 15) is 0 Å². The van der Waals surface area contributed by atoms with Gasteiger partial charge in [0.15, 0.2) is 0 Å². The molecule has 0 aliphatic heterocycles. The summed E-state index contributed by atoms with van der Waals surface area (Å²) >= 11 is 0. The summed E-state index contributed by atoms with van der Waals surface area (Å²) in [5.74, 6) is 0.921. The Hall–Kier alpha value is -1.24. The molecule has 0 bridgehead atoms. The molecule has 0 N–H and O–H groups in total. The molecule has 0 saturated heterocycles. The Kier molecular flexibility index (Phi) is 3.13. The van der Waals surface area contributed by atoms with Crippen molar-refractivity contribution < 1.29 is 4.74 Å². The zero-order valence-electron chi connectivity index (χ0n) is 8.50. The van der Waals surface area contributed by atoms with E-state index >= 15 is 0 Å². The van der Waals surface area contributed by atoms with E-state index in [1.54, 1.807) is 6.08 Å². The molecule has 0 radical (unpaired) electrons. The van der Waals surface area contributed by atoms with E-state index in [1.807, 2.05) is 19.1 Å². The van der Waals surface area contributed by atoms with Crippen LogP contribution in [-0.4, -0.2) is 6.10 Å². The highest BCUT2D eigenvalue weighted by Gasteiger charge is 1.99. The lowest BCUT2D eigenvalue weighted by Gasteiger charge is -2.11. The van der Waals surface area contributed by atoms with Crippen LogP contribution in [0.5, 0.6) is 5.75 Å². The summed E-state index contributed by atoms with van der Waals surface area (Å²) in [6.45, 7) is 9.79. The molecule has 1 rings (SSSR count). The molecule has 13 heavy (non-hydrogen) atoms. The van der Waals surface area contributed by atoms with Gasteiger partial charge >= 0.3 is 0 Å². The van der Waals surface area contributed by atoms with Gasteiger partial charge in [-0.3, -0.25) is 0 Å². The Balaban J connectivity index is 2.82. The van der Waals surface area contributed by atoms with Crippen LogP contribution >= 0.6 is 0 Å². The average molecular weight is 176 g/mol. The zero-order valence-corrected chi connectivity index (χ0v) is 8.50. The first-order valence-electron chi connectivity index (χ1n) is 4.49. The van der Waals surface area contributed by atoms with Crippen molar-refractivity contribution >= 4 is 0 Å². The van der Waals surface area contributed by atoms with Gasteiger partial charge in [0.05, 0.1) is 0 Å². The van der Waals surface area contributed by atoms with Crippen molar-refractivity contribution in [2.24, 2.45) is 0 Å². The van der Waals surface area contributed by atoms with Crippen LogP contribution in [0.25, 0.3) is 0 Å². The van der Waals surface area contributed by atoms with Crippen molar-refractivity contribution in [1.82, 2.24) is 0 Å². The minimum absolute atomic E-state index is 0.0706. The van der Waals surface area contributed by atoms with E-state index in [-0.39, 0.29) is 6.10 Å². The molecule has 1 unspecified atom stereocenters. The number of hydrogen-bond acceptors (Lipinski definition) is 1. The lowest BCUT2D eigenvalue weighted by atomic mass is 10.1. The molecule has 0 heterocycles. The number of benzene rings is 1. The van der Waals surface area contributed by atoms with E-state index in [1.165, 1.54) is 11.1 Å². The average Bonchev–Trinajstić information content (AvgIpc) is 2.02. The quantitative estimate of drug-likeness (QED) is 0.642. The van der Waals surface area contributed by atoms with Crippen molar-refractivity contribution in [3.05, 3.63) is 42.0 Å². The summed E-state index contributed by atoms with van der Waals surface area (Å²) in [6, 6.07) is 6.20. The lowest BCUT2D eigenvalue weighted by molar-refractivity contribution is 0.270. The number of aryl methyl sites for hydroxylation is 2. The Bertz CT molecular complexity index is 282. The molecule has 1 nitrogen and oxygen atoms in total. The molecule has 0 fully saturated rings. The van der Waals surface area contributed by atoms with Gasteiger partial charge in [-0.05, 0) is 44.0 Å². The fourth-order valence-electron chi connectivity index (χ4n) is 1.26. The first-order valence-corrected chi connectivity index (χ1v) is 4.49. The minimum atomic E-state index is 0.0706. The van der Waals surface area contributed by atoms with E-state index < -0.39 is 0 Å². The second-order valence-corrected chi connectivity index (χ2v) is 3.38. The molecule has 0 aliphatic rings. The van der Waals surface area contributed by atoms with E-state index in [0.29, 0.717) is 0 Å². The molecule has 0 spiro atoms. The molecule has 1 atom stereocenters. The van der Waals surface area contributed by atoms with Crippen molar-refractivity contribution in [2.75, 3.05) is 0 Å². The van der Waals surface area contributed by atoms with Crippen LogP contribution in [0, 0.1) is 13.8 Å². The van der Waals surface area contributed by atoms with Gasteiger partial charge in [-0.25, -0.2) is 0 Å². The summed E-state index contributed by atoms with van der Waals surface area (Å²) in [5, 5.41) is 0. The molecule has 0 saturated carbocycles. The normalized spacial score (nSPS) is 12.2. The van der Waals surface area contributed by atoms with Crippen molar-refractivity contribution in [3.8, 4) is 5.75 Å². The summed E-state index contributed by atoms with van der Waals surface area (Å²) < 4.78 is 5.61. The number of ether oxygens (including phenoxy) is 1. The summed E-state index contributed by atoms with van der Waals surface area (Å²) in [7, 11) is 0. The maximum atomic E-state index is 5.61. The smallest absolute Gasteiger partial charge is 0.120 e. The largest absolute Gasteiger partial charge is 0.487 e. The summed E-state index contributed by atoms with van der Waals surface area (Å²) in [4.78, 5) is 0. The van der Waals surface area contributed by atoms with Crippen LogP contribution in [0.15, 0.2) is 30.9 Å². The standard InChI is InChI=1S/C12H16O/c1-5-11(4)13-12-7-9(2)6-10(3)8-12/h5-8,11H,1H2,2-4H3. The molecule has 0 aliphatic carbocycles. The Labute approximate surface area is 80.0 Å². The third kappa shape index (κ3) is 2.94. The van der Waals surface area contributed by atoms with Crippen molar-refractivity contribution in [1.29, 1.82) is 0 Å². The van der Waals surface area contributed by atoms with Gasteiger partial charge < -0.3 is 4.74 Å². The predicted molar refractivity (Wildman–Crippen MR) is 56.2 cm³/mol. The molecule has 0 amide bonds. The van der Waals surface area contributed by atoms with Gasteiger partial charge in [0.25, 0.3) is 0 Å². The lowest BCUT2D eigenvalue weighted by Crippen LogP contribution is -2.07. The van der Waals surface area contributed by atoms with Crippen LogP contribution in [0.3, 0.4) is 0 Å². The second kappa shape index (κ2) is 4.13. The highest BCUT2D eigenvalue weighted by atomic mass is 16.5. The van der Waals surface area contributed by atoms with Gasteiger partial charge in [-0.15, -0.1) is 0 Å². The third-order valence-electron chi connectivity index (χ3n) is 1.85. The first-order chi connectivity index (χ1) is 6.11. The van der Waals surface area contributed by atoms with E-state index in [2.05, 4.69) is 26.5 Å². The Morgan fingerprint density at radius 3 is 2.23 bits per heavy atom. The SMILES string of the molecule is C=CC(C)Oc1cc(C)cc(C)c1. The topological polar surface area (TPSA) is 9.23 Å². The number of hydrogen-bond donors (Lipinski definition) is 0. The summed E-state index contributed by atoms with van der Waals surface area (Å²) in [5.41, 5.74) is 2.46. The van der Waals surface area contributed by atoms with Crippen LogP contribution in [0.4, 0.5) is 0 Å². The monoisotopic (exact) mass is 176 g/mol. The van der Waals surface area contributed by atoms with Gasteiger partial charge in [-0.2, -0.15) is 0 Å². The van der Waals surface area contributed by atoms with Gasteiger partial charge in [-0.1, -0.05) is 18.7 Å². The maximum Gasteiger partial charge on any atom is 0.120 e. The highest BCUT2D eigenvalue weighted by molar-refractivity contribution is 5.33.